The molecule has 2 saturated heterocycles. The molecule has 0 aliphatic carbocycles. The van der Waals surface area contributed by atoms with Crippen molar-refractivity contribution in [2.24, 2.45) is 0 Å². The maximum atomic E-state index is 11.9. The average Bonchev–Trinajstić information content (AvgIpc) is 2.99. The van der Waals surface area contributed by atoms with Gasteiger partial charge in [-0.15, -0.1) is 0 Å². The number of aryl methyl sites for hydroxylation is 1. The molecule has 0 bridgehead atoms. The minimum absolute atomic E-state index is 0.118. The van der Waals surface area contributed by atoms with Gasteiger partial charge in [0, 0.05) is 54.9 Å². The number of methoxy groups -OCH3 is 1. The first kappa shape index (κ1) is 28.4. The van der Waals surface area contributed by atoms with Gasteiger partial charge in [0.25, 0.3) is 0 Å². The summed E-state index contributed by atoms with van der Waals surface area (Å²) in [5, 5.41) is 24.0. The van der Waals surface area contributed by atoms with E-state index in [1.165, 1.54) is 7.11 Å². The third-order valence-corrected chi connectivity index (χ3v) is 8.33. The van der Waals surface area contributed by atoms with Gasteiger partial charge in [0.15, 0.2) is 5.69 Å². The van der Waals surface area contributed by atoms with Gasteiger partial charge in [-0.25, -0.2) is 14.8 Å². The Hall–Kier alpha value is -4.72. The third-order valence-electron chi connectivity index (χ3n) is 8.33. The number of nitrogens with one attached hydrogen (secondary N) is 1. The Bertz CT molecular complexity index is 1710. The van der Waals surface area contributed by atoms with E-state index in [0.717, 1.165) is 72.7 Å². The molecule has 0 spiro atoms. The molecule has 0 radical (unpaired) electrons. The molecule has 4 aromatic rings. The van der Waals surface area contributed by atoms with Crippen LogP contribution in [0.3, 0.4) is 0 Å². The molecule has 2 N–H and O–H groups in total. The smallest absolute Gasteiger partial charge is 0.356 e. The number of nitriles is 1. The van der Waals surface area contributed by atoms with Gasteiger partial charge in [-0.1, -0.05) is 18.2 Å². The van der Waals surface area contributed by atoms with Gasteiger partial charge in [0.05, 0.1) is 37.6 Å². The second-order valence-corrected chi connectivity index (χ2v) is 11.1. The summed E-state index contributed by atoms with van der Waals surface area (Å²) in [7, 11) is 1.45. The van der Waals surface area contributed by atoms with Crippen LogP contribution in [-0.2, 0) is 4.74 Å². The molecule has 0 saturated carbocycles. The number of hydrogen-bond acceptors (Lipinski definition) is 9. The molecule has 1 unspecified atom stereocenters. The summed E-state index contributed by atoms with van der Waals surface area (Å²) in [4.78, 5) is 25.7. The molecule has 10 heteroatoms. The highest BCUT2D eigenvalue weighted by Crippen LogP contribution is 2.34. The van der Waals surface area contributed by atoms with Crippen LogP contribution >= 0.6 is 0 Å². The lowest BCUT2D eigenvalue weighted by Gasteiger charge is -2.43. The highest BCUT2D eigenvalue weighted by atomic mass is 16.5. The fourth-order valence-corrected chi connectivity index (χ4v) is 5.89. The number of carboxylic acids is 1. The quantitative estimate of drug-likeness (QED) is 0.299. The Morgan fingerprint density at radius 2 is 1.84 bits per heavy atom. The highest BCUT2D eigenvalue weighted by molar-refractivity contribution is 5.93. The van der Waals surface area contributed by atoms with Crippen LogP contribution in [0.1, 0.15) is 40.3 Å². The maximum absolute atomic E-state index is 11.9. The number of piperazine rings is 1. The Labute approximate surface area is 250 Å². The summed E-state index contributed by atoms with van der Waals surface area (Å²) < 4.78 is 10.5. The fraction of sp³-hybridized carbons (Fsp3) is 0.333. The van der Waals surface area contributed by atoms with Crippen LogP contribution in [0.2, 0.25) is 0 Å². The monoisotopic (exact) mass is 578 g/mol. The minimum Gasteiger partial charge on any atom is -0.481 e. The summed E-state index contributed by atoms with van der Waals surface area (Å²) in [5.74, 6) is -0.921. The van der Waals surface area contributed by atoms with Crippen molar-refractivity contribution >= 4 is 28.2 Å². The Kier molecular flexibility index (Phi) is 7.84. The number of pyridine rings is 2. The molecule has 10 nitrogen and oxygen atoms in total. The van der Waals surface area contributed by atoms with Crippen LogP contribution in [0.15, 0.2) is 54.6 Å². The minimum atomic E-state index is -1.15. The van der Waals surface area contributed by atoms with Crippen molar-refractivity contribution in [1.29, 1.82) is 5.26 Å². The number of anilines is 2. The number of ether oxygens (including phenoxy) is 2. The third kappa shape index (κ3) is 5.69. The van der Waals surface area contributed by atoms with E-state index in [9.17, 15) is 15.2 Å². The van der Waals surface area contributed by atoms with Crippen molar-refractivity contribution in [2.75, 3.05) is 56.7 Å². The van der Waals surface area contributed by atoms with Crippen molar-refractivity contribution in [3.8, 4) is 23.1 Å². The lowest BCUT2D eigenvalue weighted by Crippen LogP contribution is -2.56. The summed E-state index contributed by atoms with van der Waals surface area (Å²) in [6, 6.07) is 20.3. The molecule has 0 amide bonds. The van der Waals surface area contributed by atoms with Gasteiger partial charge in [0.1, 0.15) is 11.8 Å². The first-order valence-corrected chi connectivity index (χ1v) is 14.4. The molecular weight excluding hydrogens is 544 g/mol. The summed E-state index contributed by atoms with van der Waals surface area (Å²) in [5.41, 5.74) is 6.10. The zero-order chi connectivity index (χ0) is 30.1. The van der Waals surface area contributed by atoms with Crippen molar-refractivity contribution < 1.29 is 19.4 Å². The van der Waals surface area contributed by atoms with E-state index in [2.05, 4.69) is 56.5 Å². The lowest BCUT2D eigenvalue weighted by atomic mass is 9.95. The van der Waals surface area contributed by atoms with Crippen LogP contribution in [0.5, 0.6) is 5.88 Å². The van der Waals surface area contributed by atoms with E-state index in [1.807, 2.05) is 26.0 Å². The molecule has 6 rings (SSSR count). The first-order valence-electron chi connectivity index (χ1n) is 14.4. The van der Waals surface area contributed by atoms with Gasteiger partial charge >= 0.3 is 5.97 Å². The second-order valence-electron chi connectivity index (χ2n) is 11.1. The number of aromatic carboxylic acids is 1. The molecule has 1 atom stereocenters. The van der Waals surface area contributed by atoms with Crippen molar-refractivity contribution in [3.63, 3.8) is 0 Å². The van der Waals surface area contributed by atoms with E-state index in [-0.39, 0.29) is 17.6 Å². The predicted molar refractivity (Wildman–Crippen MR) is 165 cm³/mol. The number of fused-ring (bicyclic) bond motifs is 1. The van der Waals surface area contributed by atoms with Crippen molar-refractivity contribution in [2.45, 2.75) is 25.9 Å². The molecule has 2 aromatic carbocycles. The van der Waals surface area contributed by atoms with E-state index >= 15 is 0 Å². The van der Waals surface area contributed by atoms with E-state index in [1.54, 1.807) is 12.1 Å². The number of carboxylic acid groups (broad SMARTS) is 1. The fourth-order valence-electron chi connectivity index (χ4n) is 5.89. The largest absolute Gasteiger partial charge is 0.481 e. The molecule has 2 fully saturated rings. The molecule has 220 valence electrons. The number of rotatable bonds is 8. The zero-order valence-corrected chi connectivity index (χ0v) is 24.5. The zero-order valence-electron chi connectivity index (χ0n) is 24.5. The molecular formula is C33H34N6O4. The van der Waals surface area contributed by atoms with Gasteiger partial charge in [-0.3, -0.25) is 4.90 Å². The summed E-state index contributed by atoms with van der Waals surface area (Å²) in [6.07, 6.45) is 0. The van der Waals surface area contributed by atoms with Crippen LogP contribution in [0.4, 0.5) is 11.4 Å². The van der Waals surface area contributed by atoms with E-state index in [4.69, 9.17) is 14.5 Å². The summed E-state index contributed by atoms with van der Waals surface area (Å²) >= 11 is 0. The van der Waals surface area contributed by atoms with E-state index < -0.39 is 5.97 Å². The predicted octanol–water partition coefficient (Wildman–Crippen LogP) is 4.88. The van der Waals surface area contributed by atoms with Crippen LogP contribution in [0.25, 0.3) is 22.0 Å². The Balaban J connectivity index is 1.30. The first-order chi connectivity index (χ1) is 20.8. The highest BCUT2D eigenvalue weighted by Gasteiger charge is 2.29. The average molecular weight is 579 g/mol. The number of nitrogens with zero attached hydrogens (tertiary/aromatic N) is 5. The molecule has 2 aliphatic rings. The standard InChI is InChI=1S/C33H34N6O4/c1-20-14-25(21(2)35-28-8-9-31(42-3)37-32(28)33(40)41)27-16-26(30(17-34)36-29(27)15-20)22-4-6-23(7-5-22)38-10-12-39(13-11-38)24-18-43-19-24/h4-9,14-16,21,24,35H,10-13,18-19H2,1-3H3,(H,40,41). The van der Waals surface area contributed by atoms with Gasteiger partial charge in [-0.2, -0.15) is 5.26 Å². The molecule has 43 heavy (non-hydrogen) atoms. The van der Waals surface area contributed by atoms with Crippen molar-refractivity contribution in [1.82, 2.24) is 14.9 Å². The van der Waals surface area contributed by atoms with Crippen LogP contribution < -0.4 is 15.0 Å². The Morgan fingerprint density at radius 3 is 2.47 bits per heavy atom. The van der Waals surface area contributed by atoms with Gasteiger partial charge < -0.3 is 24.8 Å². The van der Waals surface area contributed by atoms with Crippen LogP contribution in [0, 0.1) is 18.3 Å². The maximum Gasteiger partial charge on any atom is 0.356 e. The molecule has 2 aliphatic heterocycles. The Morgan fingerprint density at radius 1 is 1.09 bits per heavy atom. The van der Waals surface area contributed by atoms with Gasteiger partial charge in [-0.05, 0) is 60.9 Å². The van der Waals surface area contributed by atoms with Crippen LogP contribution in [-0.4, -0.2) is 78.5 Å². The number of carbonyl (C=O) groups is 1. The number of benzene rings is 2. The topological polar surface area (TPSA) is 124 Å². The summed E-state index contributed by atoms with van der Waals surface area (Å²) in [6.45, 7) is 9.62. The molecule has 4 heterocycles. The van der Waals surface area contributed by atoms with Gasteiger partial charge in [0.2, 0.25) is 5.88 Å². The van der Waals surface area contributed by atoms with E-state index in [0.29, 0.717) is 22.9 Å². The normalized spacial score (nSPS) is 16.4. The second kappa shape index (κ2) is 11.9. The SMILES string of the molecule is COc1ccc(NC(C)c2cc(C)cc3nc(C#N)c(-c4ccc(N5CCN(C6COC6)CC5)cc4)cc23)c(C(=O)O)n1. The lowest BCUT2D eigenvalue weighted by molar-refractivity contribution is -0.0660. The molecule has 2 aromatic heterocycles. The number of hydrogen-bond donors (Lipinski definition) is 2. The van der Waals surface area contributed by atoms with Crippen molar-refractivity contribution in [3.05, 3.63) is 77.1 Å². The number of aromatic nitrogens is 2.